The lowest BCUT2D eigenvalue weighted by Crippen LogP contribution is -2.02. The molecule has 0 aliphatic carbocycles. The van der Waals surface area contributed by atoms with Crippen LogP contribution in [0.2, 0.25) is 0 Å². The average molecular weight is 353 g/mol. The molecular formula is C14H13BrN2O4. The number of methoxy groups -OCH3 is 1. The minimum Gasteiger partial charge on any atom is -0.488 e. The summed E-state index contributed by atoms with van der Waals surface area (Å²) in [6, 6.07) is 8.15. The maximum Gasteiger partial charge on any atom is 0.270 e. The van der Waals surface area contributed by atoms with Gasteiger partial charge in [-0.2, -0.15) is 0 Å². The first-order valence-corrected chi connectivity index (χ1v) is 7.21. The molecule has 0 fully saturated rings. The number of aromatic nitrogens is 1. The van der Waals surface area contributed by atoms with Gasteiger partial charge < -0.3 is 9.47 Å². The number of nitro benzene ring substituents is 1. The Morgan fingerprint density at radius 1 is 1.33 bits per heavy atom. The molecule has 2 rings (SSSR count). The minimum atomic E-state index is -0.430. The summed E-state index contributed by atoms with van der Waals surface area (Å²) in [6.45, 7) is 0.273. The predicted octanol–water partition coefficient (Wildman–Crippen LogP) is 3.47. The molecule has 110 valence electrons. The fraction of sp³-hybridized carbons (Fsp3) is 0.214. The van der Waals surface area contributed by atoms with E-state index in [9.17, 15) is 10.1 Å². The molecule has 0 atom stereocenters. The van der Waals surface area contributed by atoms with Gasteiger partial charge in [-0.05, 0) is 18.2 Å². The highest BCUT2D eigenvalue weighted by atomic mass is 79.9. The van der Waals surface area contributed by atoms with Crippen LogP contribution in [-0.2, 0) is 11.9 Å². The zero-order valence-electron chi connectivity index (χ0n) is 11.3. The van der Waals surface area contributed by atoms with Gasteiger partial charge in [-0.1, -0.05) is 15.9 Å². The van der Waals surface area contributed by atoms with Gasteiger partial charge in [-0.25, -0.2) is 4.98 Å². The number of ether oxygens (including phenoxy) is 2. The van der Waals surface area contributed by atoms with Gasteiger partial charge >= 0.3 is 0 Å². The number of alkyl halides is 1. The van der Waals surface area contributed by atoms with Gasteiger partial charge in [0.1, 0.15) is 12.4 Å². The second kappa shape index (κ2) is 7.03. The Bertz CT molecular complexity index is 649. The van der Waals surface area contributed by atoms with Crippen LogP contribution in [-0.4, -0.2) is 17.0 Å². The maximum atomic E-state index is 10.8. The summed E-state index contributed by atoms with van der Waals surface area (Å²) in [7, 11) is 1.54. The second-order valence-electron chi connectivity index (χ2n) is 4.14. The monoisotopic (exact) mass is 352 g/mol. The van der Waals surface area contributed by atoms with Crippen molar-refractivity contribution in [3.63, 3.8) is 0 Å². The first-order chi connectivity index (χ1) is 10.2. The lowest BCUT2D eigenvalue weighted by Gasteiger charge is -2.11. The molecule has 21 heavy (non-hydrogen) atoms. The Morgan fingerprint density at radius 3 is 2.81 bits per heavy atom. The molecule has 0 spiro atoms. The summed E-state index contributed by atoms with van der Waals surface area (Å²) in [4.78, 5) is 14.4. The summed E-state index contributed by atoms with van der Waals surface area (Å²) >= 11 is 3.31. The standard InChI is InChI=1S/C14H13BrN2O4/c1-20-14-10(3-2-6-16-14)9-21-13-5-4-12(17(18)19)7-11(13)8-15/h2-7H,8-9H2,1H3. The fourth-order valence-corrected chi connectivity index (χ4v) is 2.24. The van der Waals surface area contributed by atoms with Crippen molar-refractivity contribution in [1.82, 2.24) is 4.98 Å². The summed E-state index contributed by atoms with van der Waals surface area (Å²) in [6.07, 6.45) is 1.64. The number of hydrogen-bond acceptors (Lipinski definition) is 5. The van der Waals surface area contributed by atoms with E-state index >= 15 is 0 Å². The van der Waals surface area contributed by atoms with Crippen LogP contribution in [0, 0.1) is 10.1 Å². The molecule has 1 aromatic carbocycles. The quantitative estimate of drug-likeness (QED) is 0.452. The first kappa shape index (κ1) is 15.2. The predicted molar refractivity (Wildman–Crippen MR) is 80.8 cm³/mol. The highest BCUT2D eigenvalue weighted by Crippen LogP contribution is 2.27. The highest BCUT2D eigenvalue weighted by Gasteiger charge is 2.12. The van der Waals surface area contributed by atoms with Gasteiger partial charge in [0.2, 0.25) is 5.88 Å². The molecule has 0 N–H and O–H groups in total. The van der Waals surface area contributed by atoms with Crippen LogP contribution in [0.5, 0.6) is 11.6 Å². The number of hydrogen-bond donors (Lipinski definition) is 0. The normalized spacial score (nSPS) is 10.2. The lowest BCUT2D eigenvalue weighted by atomic mass is 10.2. The number of nitrogens with zero attached hydrogens (tertiary/aromatic N) is 2. The van der Waals surface area contributed by atoms with Crippen LogP contribution in [0.15, 0.2) is 36.5 Å². The molecule has 1 heterocycles. The van der Waals surface area contributed by atoms with Crippen LogP contribution >= 0.6 is 15.9 Å². The van der Waals surface area contributed by atoms with Gasteiger partial charge in [0.25, 0.3) is 5.69 Å². The molecule has 2 aromatic rings. The van der Waals surface area contributed by atoms with Crippen LogP contribution in [0.3, 0.4) is 0 Å². The van der Waals surface area contributed by atoms with Crippen molar-refractivity contribution in [3.05, 3.63) is 57.8 Å². The topological polar surface area (TPSA) is 74.5 Å². The van der Waals surface area contributed by atoms with Crippen molar-refractivity contribution in [2.45, 2.75) is 11.9 Å². The molecule has 0 amide bonds. The van der Waals surface area contributed by atoms with Crippen LogP contribution in [0.25, 0.3) is 0 Å². The number of pyridine rings is 1. The van der Waals surface area contributed by atoms with E-state index in [-0.39, 0.29) is 12.3 Å². The van der Waals surface area contributed by atoms with E-state index in [1.807, 2.05) is 6.07 Å². The Morgan fingerprint density at radius 2 is 2.14 bits per heavy atom. The van der Waals surface area contributed by atoms with Crippen molar-refractivity contribution >= 4 is 21.6 Å². The van der Waals surface area contributed by atoms with E-state index < -0.39 is 4.92 Å². The van der Waals surface area contributed by atoms with Gasteiger partial charge in [-0.15, -0.1) is 0 Å². The second-order valence-corrected chi connectivity index (χ2v) is 4.70. The van der Waals surface area contributed by atoms with E-state index in [0.717, 1.165) is 5.56 Å². The molecule has 7 heteroatoms. The average Bonchev–Trinajstić information content (AvgIpc) is 2.52. The Hall–Kier alpha value is -2.15. The lowest BCUT2D eigenvalue weighted by molar-refractivity contribution is -0.384. The van der Waals surface area contributed by atoms with E-state index in [4.69, 9.17) is 9.47 Å². The third-order valence-electron chi connectivity index (χ3n) is 2.83. The van der Waals surface area contributed by atoms with Gasteiger partial charge in [0.15, 0.2) is 0 Å². The molecule has 0 saturated carbocycles. The number of rotatable bonds is 6. The maximum absolute atomic E-state index is 10.8. The van der Waals surface area contributed by atoms with E-state index in [0.29, 0.717) is 22.5 Å². The van der Waals surface area contributed by atoms with E-state index in [2.05, 4.69) is 20.9 Å². The zero-order chi connectivity index (χ0) is 15.2. The Kier molecular flexibility index (Phi) is 5.10. The Balaban J connectivity index is 2.18. The van der Waals surface area contributed by atoms with E-state index in [1.54, 1.807) is 25.4 Å². The van der Waals surface area contributed by atoms with Crippen LogP contribution in [0.1, 0.15) is 11.1 Å². The number of benzene rings is 1. The SMILES string of the molecule is COc1ncccc1COc1ccc([N+](=O)[O-])cc1CBr. The molecular weight excluding hydrogens is 340 g/mol. The van der Waals surface area contributed by atoms with Crippen molar-refractivity contribution in [2.24, 2.45) is 0 Å². The molecule has 0 bridgehead atoms. The number of nitro groups is 1. The Labute approximate surface area is 130 Å². The van der Waals surface area contributed by atoms with E-state index in [1.165, 1.54) is 12.1 Å². The minimum absolute atomic E-state index is 0.0377. The first-order valence-electron chi connectivity index (χ1n) is 6.09. The molecule has 6 nitrogen and oxygen atoms in total. The molecule has 1 aromatic heterocycles. The fourth-order valence-electron chi connectivity index (χ4n) is 1.80. The van der Waals surface area contributed by atoms with Gasteiger partial charge in [0.05, 0.1) is 17.6 Å². The van der Waals surface area contributed by atoms with Crippen LogP contribution in [0.4, 0.5) is 5.69 Å². The molecule has 0 radical (unpaired) electrons. The summed E-state index contributed by atoms with van der Waals surface area (Å²) in [5.74, 6) is 1.09. The number of halogens is 1. The number of non-ortho nitro benzene ring substituents is 1. The van der Waals surface area contributed by atoms with Crippen molar-refractivity contribution < 1.29 is 14.4 Å². The smallest absolute Gasteiger partial charge is 0.270 e. The van der Waals surface area contributed by atoms with Gasteiger partial charge in [0, 0.05) is 29.2 Å². The molecule has 0 aliphatic heterocycles. The van der Waals surface area contributed by atoms with Crippen molar-refractivity contribution in [2.75, 3.05) is 7.11 Å². The largest absolute Gasteiger partial charge is 0.488 e. The van der Waals surface area contributed by atoms with Gasteiger partial charge in [-0.3, -0.25) is 10.1 Å². The molecule has 0 saturated heterocycles. The van der Waals surface area contributed by atoms with Crippen molar-refractivity contribution in [3.8, 4) is 11.6 Å². The zero-order valence-corrected chi connectivity index (χ0v) is 12.9. The summed E-state index contributed by atoms with van der Waals surface area (Å²) < 4.78 is 10.9. The third-order valence-corrected chi connectivity index (χ3v) is 3.43. The van der Waals surface area contributed by atoms with Crippen molar-refractivity contribution in [1.29, 1.82) is 0 Å². The highest BCUT2D eigenvalue weighted by molar-refractivity contribution is 9.08. The summed E-state index contributed by atoms with van der Waals surface area (Å²) in [5.41, 5.74) is 1.56. The molecule has 0 aliphatic rings. The summed E-state index contributed by atoms with van der Waals surface area (Å²) in [5, 5.41) is 11.2. The third kappa shape index (κ3) is 3.69. The van der Waals surface area contributed by atoms with Crippen LogP contribution < -0.4 is 9.47 Å². The molecule has 0 unspecified atom stereocenters.